The van der Waals surface area contributed by atoms with E-state index in [1.54, 1.807) is 18.2 Å². The number of H-pyrrole nitrogens is 1. The Kier molecular flexibility index (Phi) is 3.88. The number of imidazole rings is 1. The summed E-state index contributed by atoms with van der Waals surface area (Å²) in [4.78, 5) is 17.9. The van der Waals surface area contributed by atoms with Crippen LogP contribution >= 0.6 is 0 Å². The van der Waals surface area contributed by atoms with Crippen molar-refractivity contribution < 1.29 is 22.7 Å². The summed E-state index contributed by atoms with van der Waals surface area (Å²) in [7, 11) is 0. The minimum atomic E-state index is -4.36. The molecule has 0 aliphatic carbocycles. The molecule has 0 radical (unpaired) electrons. The first-order chi connectivity index (χ1) is 11.3. The number of nitrogens with one attached hydrogen (secondary N) is 1. The Hall–Kier alpha value is -3.03. The number of nitrogens with zero attached hydrogens (tertiary/aromatic N) is 1. The van der Waals surface area contributed by atoms with Gasteiger partial charge >= 0.3 is 6.18 Å². The molecule has 1 aromatic heterocycles. The van der Waals surface area contributed by atoms with Gasteiger partial charge in [-0.15, -0.1) is 0 Å². The summed E-state index contributed by atoms with van der Waals surface area (Å²) >= 11 is 0. The minimum absolute atomic E-state index is 0.0462. The number of primary amides is 1. The molecule has 3 N–H and O–H groups in total. The average Bonchev–Trinajstić information content (AvgIpc) is 2.96. The lowest BCUT2D eigenvalue weighted by Gasteiger charge is -2.09. The largest absolute Gasteiger partial charge is 0.489 e. The van der Waals surface area contributed by atoms with Gasteiger partial charge in [0.05, 0.1) is 16.6 Å². The molecule has 0 fully saturated rings. The lowest BCUT2D eigenvalue weighted by molar-refractivity contribution is -0.137. The molecule has 0 bridgehead atoms. The molecule has 1 heterocycles. The van der Waals surface area contributed by atoms with Gasteiger partial charge in [-0.25, -0.2) is 4.98 Å². The van der Waals surface area contributed by atoms with Crippen LogP contribution in [0.5, 0.6) is 5.75 Å². The third-order valence-electron chi connectivity index (χ3n) is 3.37. The van der Waals surface area contributed by atoms with Crippen molar-refractivity contribution in [3.63, 3.8) is 0 Å². The number of carbonyl (C=O) groups is 1. The molecule has 24 heavy (non-hydrogen) atoms. The van der Waals surface area contributed by atoms with Gasteiger partial charge in [0.25, 0.3) is 5.91 Å². The highest BCUT2D eigenvalue weighted by atomic mass is 19.4. The van der Waals surface area contributed by atoms with Gasteiger partial charge in [0.1, 0.15) is 12.4 Å². The highest BCUT2D eigenvalue weighted by Crippen LogP contribution is 2.29. The van der Waals surface area contributed by atoms with Crippen molar-refractivity contribution >= 4 is 16.9 Å². The minimum Gasteiger partial charge on any atom is -0.489 e. The Morgan fingerprint density at radius 1 is 1.17 bits per heavy atom. The van der Waals surface area contributed by atoms with E-state index in [2.05, 4.69) is 9.97 Å². The Morgan fingerprint density at radius 3 is 2.50 bits per heavy atom. The summed E-state index contributed by atoms with van der Waals surface area (Å²) in [6, 6.07) is 9.69. The molecule has 8 heteroatoms. The first-order valence-electron chi connectivity index (χ1n) is 6.91. The van der Waals surface area contributed by atoms with Crippen LogP contribution in [0.3, 0.4) is 0 Å². The van der Waals surface area contributed by atoms with Gasteiger partial charge in [0.2, 0.25) is 0 Å². The number of hydrogen-bond acceptors (Lipinski definition) is 3. The maximum absolute atomic E-state index is 12.5. The van der Waals surface area contributed by atoms with E-state index >= 15 is 0 Å². The summed E-state index contributed by atoms with van der Waals surface area (Å²) in [6.07, 6.45) is -4.36. The molecule has 0 aliphatic heterocycles. The fraction of sp³-hybridized carbons (Fsp3) is 0.125. The van der Waals surface area contributed by atoms with E-state index < -0.39 is 17.6 Å². The fourth-order valence-corrected chi connectivity index (χ4v) is 2.15. The molecule has 0 saturated heterocycles. The zero-order chi connectivity index (χ0) is 17.3. The monoisotopic (exact) mass is 335 g/mol. The van der Waals surface area contributed by atoms with Crippen LogP contribution in [0.15, 0.2) is 42.5 Å². The van der Waals surface area contributed by atoms with Crippen LogP contribution in [0, 0.1) is 0 Å². The number of aromatic nitrogens is 2. The van der Waals surface area contributed by atoms with Crippen LogP contribution in [-0.4, -0.2) is 15.9 Å². The van der Waals surface area contributed by atoms with Crippen molar-refractivity contribution in [1.82, 2.24) is 9.97 Å². The van der Waals surface area contributed by atoms with Crippen LogP contribution in [0.1, 0.15) is 21.7 Å². The average molecular weight is 335 g/mol. The Bertz CT molecular complexity index is 886. The molecular weight excluding hydrogens is 323 g/mol. The number of halogens is 3. The number of alkyl halides is 3. The van der Waals surface area contributed by atoms with Crippen LogP contribution in [0.4, 0.5) is 13.2 Å². The number of hydrogen-bond donors (Lipinski definition) is 2. The molecule has 0 atom stereocenters. The first-order valence-corrected chi connectivity index (χ1v) is 6.91. The highest BCUT2D eigenvalue weighted by Gasteiger charge is 2.29. The Labute approximate surface area is 134 Å². The fourth-order valence-electron chi connectivity index (χ4n) is 2.15. The van der Waals surface area contributed by atoms with Gasteiger partial charge in [-0.3, -0.25) is 4.79 Å². The van der Waals surface area contributed by atoms with E-state index in [4.69, 9.17) is 10.5 Å². The normalized spacial score (nSPS) is 11.6. The topological polar surface area (TPSA) is 81.0 Å². The van der Waals surface area contributed by atoms with Crippen molar-refractivity contribution in [3.05, 3.63) is 59.4 Å². The van der Waals surface area contributed by atoms with Gasteiger partial charge < -0.3 is 15.5 Å². The molecule has 3 aromatic rings. The number of carbonyl (C=O) groups excluding carboxylic acids is 1. The van der Waals surface area contributed by atoms with Gasteiger partial charge in [0.15, 0.2) is 5.82 Å². The van der Waals surface area contributed by atoms with Crippen molar-refractivity contribution in [2.24, 2.45) is 5.73 Å². The zero-order valence-corrected chi connectivity index (χ0v) is 12.2. The second-order valence-electron chi connectivity index (χ2n) is 5.11. The molecule has 1 amide bonds. The number of rotatable bonds is 4. The van der Waals surface area contributed by atoms with Gasteiger partial charge in [-0.05, 0) is 29.8 Å². The predicted octanol–water partition coefficient (Wildman–Crippen LogP) is 3.26. The molecule has 0 saturated carbocycles. The number of fused-ring (bicyclic) bond motifs is 1. The van der Waals surface area contributed by atoms with Crippen molar-refractivity contribution in [2.45, 2.75) is 12.8 Å². The van der Waals surface area contributed by atoms with Crippen molar-refractivity contribution in [3.8, 4) is 5.75 Å². The summed E-state index contributed by atoms with van der Waals surface area (Å²) in [5, 5.41) is 0. The zero-order valence-electron chi connectivity index (χ0n) is 12.2. The van der Waals surface area contributed by atoms with E-state index in [9.17, 15) is 18.0 Å². The second kappa shape index (κ2) is 5.88. The molecule has 3 rings (SSSR count). The smallest absolute Gasteiger partial charge is 0.416 e. The van der Waals surface area contributed by atoms with Gasteiger partial charge in [0, 0.05) is 6.07 Å². The van der Waals surface area contributed by atoms with Crippen LogP contribution in [-0.2, 0) is 12.8 Å². The van der Waals surface area contributed by atoms with E-state index in [1.807, 2.05) is 0 Å². The van der Waals surface area contributed by atoms with Gasteiger partial charge in [-0.2, -0.15) is 13.2 Å². The van der Waals surface area contributed by atoms with Crippen LogP contribution in [0.2, 0.25) is 0 Å². The number of nitrogens with two attached hydrogens (primary N) is 1. The third kappa shape index (κ3) is 3.32. The van der Waals surface area contributed by atoms with Crippen LogP contribution < -0.4 is 10.5 Å². The van der Waals surface area contributed by atoms with E-state index in [-0.39, 0.29) is 12.4 Å². The first kappa shape index (κ1) is 15.9. The number of benzene rings is 2. The lowest BCUT2D eigenvalue weighted by atomic mass is 10.1. The standard InChI is InChI=1S/C16H12F3N3O2/c17-16(18,19)10-3-1-9(2-4-10)8-24-11-5-6-12-13(7-11)22-15(21-12)14(20)23/h1-7H,8H2,(H2,20,23)(H,21,22). The SMILES string of the molecule is NC(=O)c1nc2cc(OCc3ccc(C(F)(F)F)cc3)ccc2[nH]1. The second-order valence-corrected chi connectivity index (χ2v) is 5.11. The lowest BCUT2D eigenvalue weighted by Crippen LogP contribution is -2.12. The predicted molar refractivity (Wildman–Crippen MR) is 80.4 cm³/mol. The maximum Gasteiger partial charge on any atom is 0.416 e. The van der Waals surface area contributed by atoms with Crippen molar-refractivity contribution in [1.29, 1.82) is 0 Å². The molecule has 5 nitrogen and oxygen atoms in total. The molecular formula is C16H12F3N3O2. The number of aromatic amines is 1. The Balaban J connectivity index is 1.72. The van der Waals surface area contributed by atoms with E-state index in [0.717, 1.165) is 12.1 Å². The summed E-state index contributed by atoms with van der Waals surface area (Å²) < 4.78 is 43.1. The summed E-state index contributed by atoms with van der Waals surface area (Å²) in [5.74, 6) is -0.145. The maximum atomic E-state index is 12.5. The Morgan fingerprint density at radius 2 is 1.88 bits per heavy atom. The van der Waals surface area contributed by atoms with E-state index in [0.29, 0.717) is 22.3 Å². The number of ether oxygens (including phenoxy) is 1. The molecule has 2 aromatic carbocycles. The quantitative estimate of drug-likeness (QED) is 0.768. The molecule has 0 aliphatic rings. The molecule has 0 spiro atoms. The third-order valence-corrected chi connectivity index (χ3v) is 3.37. The van der Waals surface area contributed by atoms with Crippen LogP contribution in [0.25, 0.3) is 11.0 Å². The van der Waals surface area contributed by atoms with Crippen molar-refractivity contribution in [2.75, 3.05) is 0 Å². The van der Waals surface area contributed by atoms with E-state index in [1.165, 1.54) is 12.1 Å². The summed E-state index contributed by atoms with van der Waals surface area (Å²) in [6.45, 7) is 0.108. The molecule has 0 unspecified atom stereocenters. The highest BCUT2D eigenvalue weighted by molar-refractivity contribution is 5.93. The molecule has 124 valence electrons. The van der Waals surface area contributed by atoms with Gasteiger partial charge in [-0.1, -0.05) is 12.1 Å². The number of amides is 1. The summed E-state index contributed by atoms with van der Waals surface area (Å²) in [5.41, 5.74) is 6.18.